The largest absolute Gasteiger partial charge is 0.368 e. The third-order valence-electron chi connectivity index (χ3n) is 7.67. The Morgan fingerprint density at radius 2 is 1.50 bits per heavy atom. The fourth-order valence-electron chi connectivity index (χ4n) is 4.91. The second-order valence-corrected chi connectivity index (χ2v) is 11.2. The maximum absolute atomic E-state index is 6.45. The highest BCUT2D eigenvalue weighted by Crippen LogP contribution is 2.26. The van der Waals surface area contributed by atoms with Crippen LogP contribution in [-0.2, 0) is 12.8 Å². The lowest BCUT2D eigenvalue weighted by Gasteiger charge is -2.41. The Morgan fingerprint density at radius 3 is 2.03 bits per heavy atom. The first kappa shape index (κ1) is 27.0. The Hall–Kier alpha value is -1.55. The molecule has 2 aromatic carbocycles. The summed E-state index contributed by atoms with van der Waals surface area (Å²) in [5, 5.41) is 0.804. The molecule has 34 heavy (non-hydrogen) atoms. The number of halogens is 1. The van der Waals surface area contributed by atoms with Crippen LogP contribution in [-0.4, -0.2) is 43.2 Å². The second kappa shape index (κ2) is 13.5. The Balaban J connectivity index is 1.59. The van der Waals surface area contributed by atoms with Crippen molar-refractivity contribution in [3.05, 3.63) is 64.7 Å². The molecule has 2 unspecified atom stereocenters. The molecule has 3 rings (SSSR count). The standard InChI is InChI=1S/C30H46ClN3/c1-5-24(4)30(32)22-33-19-17-29(18-20-33)34(21-16-23(2)3)28-14-10-26(11-15-28)7-6-25-8-12-27(31)13-9-25/h8-15,23-24,29-30H,5-7,16-22,32H2,1-4H3. The smallest absolute Gasteiger partial charge is 0.0406 e. The lowest BCUT2D eigenvalue weighted by molar-refractivity contribution is 0.183. The van der Waals surface area contributed by atoms with E-state index < -0.39 is 0 Å². The number of aryl methyl sites for hydroxylation is 2. The van der Waals surface area contributed by atoms with Crippen molar-refractivity contribution in [2.24, 2.45) is 17.6 Å². The van der Waals surface area contributed by atoms with Crippen LogP contribution in [0, 0.1) is 11.8 Å². The third kappa shape index (κ3) is 8.29. The predicted molar refractivity (Wildman–Crippen MR) is 149 cm³/mol. The SMILES string of the molecule is CCC(C)C(N)CN1CCC(N(CCC(C)C)c2ccc(CCc3ccc(Cl)cc3)cc2)CC1. The quantitative estimate of drug-likeness (QED) is 0.359. The Labute approximate surface area is 213 Å². The molecule has 188 valence electrons. The number of likely N-dealkylation sites (tertiary alicyclic amines) is 1. The number of nitrogens with zero attached hydrogens (tertiary/aromatic N) is 2. The van der Waals surface area contributed by atoms with Crippen LogP contribution in [0.5, 0.6) is 0 Å². The molecule has 2 aromatic rings. The maximum Gasteiger partial charge on any atom is 0.0406 e. The number of rotatable bonds is 12. The van der Waals surface area contributed by atoms with Crippen molar-refractivity contribution in [3.63, 3.8) is 0 Å². The van der Waals surface area contributed by atoms with E-state index in [-0.39, 0.29) is 0 Å². The fourth-order valence-corrected chi connectivity index (χ4v) is 5.03. The molecule has 2 atom stereocenters. The minimum absolute atomic E-state index is 0.291. The van der Waals surface area contributed by atoms with Gasteiger partial charge in [-0.05, 0) is 79.3 Å². The molecule has 0 saturated carbocycles. The van der Waals surface area contributed by atoms with Gasteiger partial charge in [0.25, 0.3) is 0 Å². The first-order valence-corrected chi connectivity index (χ1v) is 13.8. The molecule has 2 N–H and O–H groups in total. The van der Waals surface area contributed by atoms with Gasteiger partial charge in [0.15, 0.2) is 0 Å². The molecule has 0 aromatic heterocycles. The lowest BCUT2D eigenvalue weighted by atomic mass is 9.96. The average Bonchev–Trinajstić information content (AvgIpc) is 2.84. The monoisotopic (exact) mass is 483 g/mol. The summed E-state index contributed by atoms with van der Waals surface area (Å²) in [6.07, 6.45) is 6.95. The number of anilines is 1. The zero-order valence-corrected chi connectivity index (χ0v) is 22.6. The van der Waals surface area contributed by atoms with Crippen LogP contribution in [0.15, 0.2) is 48.5 Å². The van der Waals surface area contributed by atoms with Gasteiger partial charge in [0, 0.05) is 49.0 Å². The van der Waals surface area contributed by atoms with Crippen LogP contribution in [0.1, 0.15) is 64.5 Å². The molecule has 0 bridgehead atoms. The van der Waals surface area contributed by atoms with E-state index in [4.69, 9.17) is 17.3 Å². The third-order valence-corrected chi connectivity index (χ3v) is 7.92. The molecule has 1 fully saturated rings. The Kier molecular flexibility index (Phi) is 10.8. The van der Waals surface area contributed by atoms with Crippen molar-refractivity contribution < 1.29 is 0 Å². The Morgan fingerprint density at radius 1 is 0.941 bits per heavy atom. The van der Waals surface area contributed by atoms with Crippen LogP contribution in [0.3, 0.4) is 0 Å². The van der Waals surface area contributed by atoms with Gasteiger partial charge in [0.1, 0.15) is 0 Å². The van der Waals surface area contributed by atoms with E-state index in [1.54, 1.807) is 0 Å². The first-order valence-electron chi connectivity index (χ1n) is 13.4. The van der Waals surface area contributed by atoms with Gasteiger partial charge in [-0.25, -0.2) is 0 Å². The predicted octanol–water partition coefficient (Wildman–Crippen LogP) is 6.82. The van der Waals surface area contributed by atoms with Gasteiger partial charge in [-0.2, -0.15) is 0 Å². The Bertz CT molecular complexity index is 825. The normalized spacial score (nSPS) is 17.1. The molecule has 1 saturated heterocycles. The van der Waals surface area contributed by atoms with Crippen molar-refractivity contribution in [2.75, 3.05) is 31.1 Å². The average molecular weight is 484 g/mol. The van der Waals surface area contributed by atoms with Crippen molar-refractivity contribution >= 4 is 17.3 Å². The topological polar surface area (TPSA) is 32.5 Å². The van der Waals surface area contributed by atoms with Gasteiger partial charge >= 0.3 is 0 Å². The number of benzene rings is 2. The molecular weight excluding hydrogens is 438 g/mol. The summed E-state index contributed by atoms with van der Waals surface area (Å²) in [6, 6.07) is 18.5. The summed E-state index contributed by atoms with van der Waals surface area (Å²) in [5.41, 5.74) is 10.6. The first-order chi connectivity index (χ1) is 16.4. The summed E-state index contributed by atoms with van der Waals surface area (Å²) in [5.74, 6) is 1.31. The molecule has 3 nitrogen and oxygen atoms in total. The van der Waals surface area contributed by atoms with E-state index in [1.165, 1.54) is 36.1 Å². The van der Waals surface area contributed by atoms with Crippen LogP contribution in [0.4, 0.5) is 5.69 Å². The molecule has 0 aliphatic carbocycles. The van der Waals surface area contributed by atoms with Crippen molar-refractivity contribution in [1.82, 2.24) is 4.90 Å². The summed E-state index contributed by atoms with van der Waals surface area (Å²) in [7, 11) is 0. The number of hydrogen-bond acceptors (Lipinski definition) is 3. The van der Waals surface area contributed by atoms with Crippen LogP contribution in [0.2, 0.25) is 5.02 Å². The summed E-state index contributed by atoms with van der Waals surface area (Å²) in [6.45, 7) is 13.7. The zero-order valence-electron chi connectivity index (χ0n) is 21.8. The van der Waals surface area contributed by atoms with E-state index in [9.17, 15) is 0 Å². The summed E-state index contributed by atoms with van der Waals surface area (Å²) in [4.78, 5) is 5.28. The summed E-state index contributed by atoms with van der Waals surface area (Å²) >= 11 is 6.02. The molecule has 0 spiro atoms. The minimum Gasteiger partial charge on any atom is -0.368 e. The minimum atomic E-state index is 0.291. The number of piperidine rings is 1. The van der Waals surface area contributed by atoms with Gasteiger partial charge in [-0.3, -0.25) is 0 Å². The van der Waals surface area contributed by atoms with Crippen molar-refractivity contribution in [2.45, 2.75) is 78.3 Å². The molecule has 1 aliphatic rings. The van der Waals surface area contributed by atoms with Crippen LogP contribution < -0.4 is 10.6 Å². The van der Waals surface area contributed by atoms with Gasteiger partial charge in [-0.15, -0.1) is 0 Å². The number of nitrogens with two attached hydrogens (primary N) is 1. The molecule has 4 heteroatoms. The highest BCUT2D eigenvalue weighted by Gasteiger charge is 2.26. The molecule has 1 heterocycles. The molecule has 0 amide bonds. The van der Waals surface area contributed by atoms with E-state index in [1.807, 2.05) is 12.1 Å². The van der Waals surface area contributed by atoms with Gasteiger partial charge in [0.2, 0.25) is 0 Å². The highest BCUT2D eigenvalue weighted by atomic mass is 35.5. The van der Waals surface area contributed by atoms with Crippen molar-refractivity contribution in [3.8, 4) is 0 Å². The van der Waals surface area contributed by atoms with Gasteiger partial charge < -0.3 is 15.5 Å². The molecular formula is C30H46ClN3. The van der Waals surface area contributed by atoms with E-state index in [0.717, 1.165) is 56.4 Å². The second-order valence-electron chi connectivity index (χ2n) is 10.7. The van der Waals surface area contributed by atoms with E-state index >= 15 is 0 Å². The van der Waals surface area contributed by atoms with Crippen molar-refractivity contribution in [1.29, 1.82) is 0 Å². The molecule has 1 aliphatic heterocycles. The lowest BCUT2D eigenvalue weighted by Crippen LogP contribution is -2.49. The highest BCUT2D eigenvalue weighted by molar-refractivity contribution is 6.30. The van der Waals surface area contributed by atoms with E-state index in [2.05, 4.69) is 73.9 Å². The molecule has 0 radical (unpaired) electrons. The van der Waals surface area contributed by atoms with E-state index in [0.29, 0.717) is 18.0 Å². The van der Waals surface area contributed by atoms with Gasteiger partial charge in [-0.1, -0.05) is 70.0 Å². The van der Waals surface area contributed by atoms with Crippen LogP contribution in [0.25, 0.3) is 0 Å². The van der Waals surface area contributed by atoms with Gasteiger partial charge in [0.05, 0.1) is 0 Å². The summed E-state index contributed by atoms with van der Waals surface area (Å²) < 4.78 is 0. The zero-order chi connectivity index (χ0) is 24.5. The van der Waals surface area contributed by atoms with Crippen LogP contribution >= 0.6 is 11.6 Å². The number of hydrogen-bond donors (Lipinski definition) is 1. The fraction of sp³-hybridized carbons (Fsp3) is 0.600. The maximum atomic E-state index is 6.45.